The second-order valence-corrected chi connectivity index (χ2v) is 17.7. The molecule has 3 N–H and O–H groups in total. The molecule has 0 bridgehead atoms. The van der Waals surface area contributed by atoms with Crippen molar-refractivity contribution in [3.8, 4) is 0 Å². The van der Waals surface area contributed by atoms with E-state index in [1.165, 1.54) is 85.1 Å². The van der Waals surface area contributed by atoms with Crippen LogP contribution < -0.4 is 22.2 Å². The third-order valence-electron chi connectivity index (χ3n) is 12.5. The Morgan fingerprint density at radius 1 is 0.559 bits per heavy atom. The van der Waals surface area contributed by atoms with Crippen LogP contribution in [0.15, 0.2) is 99.9 Å². The molecule has 6 aromatic rings. The molecule has 0 unspecified atom stereocenters. The van der Waals surface area contributed by atoms with Gasteiger partial charge >= 0.3 is 0 Å². The lowest BCUT2D eigenvalue weighted by molar-refractivity contribution is 0.0635. The summed E-state index contributed by atoms with van der Waals surface area (Å²) in [7, 11) is 0. The fourth-order valence-corrected chi connectivity index (χ4v) is 9.28. The van der Waals surface area contributed by atoms with E-state index in [0.717, 1.165) is 23.6 Å². The molecule has 6 heterocycles. The van der Waals surface area contributed by atoms with Gasteiger partial charge < -0.3 is 11.1 Å². The average molecular weight is 943 g/mol. The molecular weight excluding hydrogens is 881 g/mol. The van der Waals surface area contributed by atoms with Crippen LogP contribution in [0.3, 0.4) is 0 Å². The summed E-state index contributed by atoms with van der Waals surface area (Å²) in [5.74, 6) is -0.598. The van der Waals surface area contributed by atoms with Crippen LogP contribution in [0.5, 0.6) is 0 Å². The van der Waals surface area contributed by atoms with E-state index in [9.17, 15) is 28.8 Å². The van der Waals surface area contributed by atoms with Crippen molar-refractivity contribution < 1.29 is 19.2 Å². The van der Waals surface area contributed by atoms with E-state index in [-0.39, 0.29) is 62.7 Å². The monoisotopic (exact) mass is 942 g/mol. The van der Waals surface area contributed by atoms with Crippen LogP contribution in [0, 0.1) is 0 Å². The zero-order valence-corrected chi connectivity index (χ0v) is 37.9. The number of anilines is 1. The summed E-state index contributed by atoms with van der Waals surface area (Å²) < 4.78 is 3.16. The smallest absolute Gasteiger partial charge is 0.261 e. The molecular formula is C51H62N10O6S. The molecule has 10 rings (SSSR count). The fourth-order valence-electron chi connectivity index (χ4n) is 8.95. The molecule has 0 atom stereocenters. The van der Waals surface area contributed by atoms with Gasteiger partial charge in [-0.15, -0.1) is 0 Å². The minimum atomic E-state index is -0.284. The summed E-state index contributed by atoms with van der Waals surface area (Å²) in [6, 6.07) is 20.9. The van der Waals surface area contributed by atoms with Crippen LogP contribution in [0.25, 0.3) is 22.1 Å². The molecule has 2 saturated carbocycles. The van der Waals surface area contributed by atoms with Gasteiger partial charge in [0.05, 0.1) is 22.3 Å². The van der Waals surface area contributed by atoms with E-state index in [4.69, 9.17) is 5.73 Å². The number of rotatable bonds is 11. The number of carbonyl (C=O) groups excluding carboxylic acids is 4. The lowest BCUT2D eigenvalue weighted by atomic mass is 9.96. The van der Waals surface area contributed by atoms with Gasteiger partial charge in [0.1, 0.15) is 11.3 Å². The number of hydrogen-bond acceptors (Lipinski definition) is 13. The summed E-state index contributed by atoms with van der Waals surface area (Å²) in [5.41, 5.74) is 8.16. The van der Waals surface area contributed by atoms with E-state index < -0.39 is 0 Å². The van der Waals surface area contributed by atoms with Gasteiger partial charge in [0.2, 0.25) is 5.95 Å². The number of hydrogen-bond donors (Lipinski definition) is 2. The Balaban J connectivity index is 0.000000193. The predicted molar refractivity (Wildman–Crippen MR) is 267 cm³/mol. The molecule has 68 heavy (non-hydrogen) atoms. The van der Waals surface area contributed by atoms with E-state index >= 15 is 0 Å². The molecule has 16 nitrogen and oxygen atoms in total. The van der Waals surface area contributed by atoms with Gasteiger partial charge in [-0.05, 0) is 81.2 Å². The number of nitrogens with one attached hydrogen (secondary N) is 1. The molecule has 358 valence electrons. The van der Waals surface area contributed by atoms with Crippen LogP contribution in [0.2, 0.25) is 0 Å². The highest BCUT2D eigenvalue weighted by atomic mass is 32.2. The number of fused-ring (bicyclic) bond motifs is 4. The summed E-state index contributed by atoms with van der Waals surface area (Å²) in [5, 5.41) is 5.54. The largest absolute Gasteiger partial charge is 0.351 e. The fraction of sp³-hybridized carbons (Fsp3) is 0.412. The summed E-state index contributed by atoms with van der Waals surface area (Å²) in [4.78, 5) is 95.1. The lowest BCUT2D eigenvalue weighted by Gasteiger charge is -2.22. The van der Waals surface area contributed by atoms with E-state index in [1.807, 2.05) is 6.26 Å². The number of amides is 4. The van der Waals surface area contributed by atoms with Crippen molar-refractivity contribution in [2.24, 2.45) is 5.73 Å². The number of aromatic nitrogens is 6. The van der Waals surface area contributed by atoms with Crippen LogP contribution in [0.1, 0.15) is 133 Å². The first-order valence-corrected chi connectivity index (χ1v) is 24.0. The van der Waals surface area contributed by atoms with Gasteiger partial charge in [-0.2, -0.15) is 4.98 Å². The van der Waals surface area contributed by atoms with Crippen molar-refractivity contribution in [1.82, 2.24) is 38.9 Å². The molecule has 0 spiro atoms. The van der Waals surface area contributed by atoms with E-state index in [0.29, 0.717) is 82.7 Å². The van der Waals surface area contributed by atoms with Gasteiger partial charge in [-0.1, -0.05) is 89.4 Å². The van der Waals surface area contributed by atoms with Crippen LogP contribution >= 0.6 is 11.8 Å². The Bertz CT molecular complexity index is 2820. The van der Waals surface area contributed by atoms with Gasteiger partial charge in [-0.25, -0.2) is 15.0 Å². The first-order valence-electron chi connectivity index (χ1n) is 22.8. The van der Waals surface area contributed by atoms with Crippen molar-refractivity contribution in [2.45, 2.75) is 122 Å². The zero-order valence-electron chi connectivity index (χ0n) is 37.1. The predicted octanol–water partition coefficient (Wildman–Crippen LogP) is 7.97. The molecule has 0 radical (unpaired) electrons. The Morgan fingerprint density at radius 2 is 0.985 bits per heavy atom. The van der Waals surface area contributed by atoms with Gasteiger partial charge in [0.25, 0.3) is 34.7 Å². The normalized spacial score (nSPS) is 15.7. The molecule has 4 aliphatic rings. The SMILES string of the molecule is C.C.CSc1ncc2ccc(=O)n(CCCN3C(=O)c4ccccc4C3=O)c2n1.NC1CCCCC1.O=C1c2ccccc2C(=O)N1CCCn1c(=O)ccc2cnc(NC3CCCCC3)nc21. The molecule has 2 aliphatic carbocycles. The number of thioether (sulfide) groups is 1. The van der Waals surface area contributed by atoms with Crippen LogP contribution in [0.4, 0.5) is 5.95 Å². The third kappa shape index (κ3) is 11.4. The molecule has 2 aliphatic heterocycles. The van der Waals surface area contributed by atoms with Crippen LogP contribution in [-0.4, -0.2) is 93.9 Å². The molecule has 2 aromatic carbocycles. The number of aryl methyl sites for hydroxylation is 2. The summed E-state index contributed by atoms with van der Waals surface area (Å²) >= 11 is 1.40. The van der Waals surface area contributed by atoms with E-state index in [2.05, 4.69) is 25.3 Å². The highest BCUT2D eigenvalue weighted by Crippen LogP contribution is 2.25. The van der Waals surface area contributed by atoms with Crippen LogP contribution in [-0.2, 0) is 13.1 Å². The maximum absolute atomic E-state index is 12.6. The van der Waals surface area contributed by atoms with Crippen molar-refractivity contribution in [3.05, 3.63) is 128 Å². The number of carbonyl (C=O) groups is 4. The van der Waals surface area contributed by atoms with Gasteiger partial charge in [0.15, 0.2) is 5.16 Å². The Hall–Kier alpha value is -6.59. The van der Waals surface area contributed by atoms with Gasteiger partial charge in [-0.3, -0.25) is 47.7 Å². The standard InChI is InChI=1S/C24H25N5O3.C19H16N4O3S.C6H13N.2CH4/c30-20-12-11-16-15-25-24(26-17-7-2-1-3-8-17)27-21(16)28(20)13-6-14-29-22(31)18-9-4-5-10-19(18)23(29)32;1-27-19-20-11-12-7-8-15(24)22(16(12)21-19)9-4-10-23-17(25)13-5-2-3-6-14(13)18(23)26;7-6-4-2-1-3-5-6;;/h4-5,9-12,15,17H,1-3,6-8,13-14H2,(H,25,26,27);2-3,5-8,11H,4,9-10H2,1H3;6H,1-5,7H2;2*1H4. The number of nitrogens with two attached hydrogens (primary N) is 1. The second-order valence-electron chi connectivity index (χ2n) is 17.0. The Labute approximate surface area is 400 Å². The molecule has 0 saturated heterocycles. The zero-order chi connectivity index (χ0) is 46.2. The van der Waals surface area contributed by atoms with Crippen molar-refractivity contribution in [1.29, 1.82) is 0 Å². The molecule has 4 amide bonds. The lowest BCUT2D eigenvalue weighted by Crippen LogP contribution is -2.32. The maximum Gasteiger partial charge on any atom is 0.261 e. The number of benzene rings is 2. The highest BCUT2D eigenvalue weighted by molar-refractivity contribution is 7.98. The molecule has 17 heteroatoms. The van der Waals surface area contributed by atoms with Gasteiger partial charge in [0, 0.05) is 73.6 Å². The molecule has 4 aromatic heterocycles. The minimum absolute atomic E-state index is 0. The first kappa shape index (κ1) is 50.8. The van der Waals surface area contributed by atoms with E-state index in [1.54, 1.807) is 82.2 Å². The number of nitrogens with zero attached hydrogens (tertiary/aromatic N) is 8. The average Bonchev–Trinajstić information content (AvgIpc) is 3.73. The van der Waals surface area contributed by atoms with Crippen molar-refractivity contribution in [2.75, 3.05) is 24.7 Å². The van der Waals surface area contributed by atoms with Crippen molar-refractivity contribution in [3.63, 3.8) is 0 Å². The quantitative estimate of drug-likeness (QED) is 0.0719. The topological polar surface area (TPSA) is 208 Å². The first-order chi connectivity index (χ1) is 32.1. The minimum Gasteiger partial charge on any atom is -0.351 e. The maximum atomic E-state index is 12.6. The Kier molecular flexibility index (Phi) is 17.5. The third-order valence-corrected chi connectivity index (χ3v) is 13.0. The second kappa shape index (κ2) is 23.4. The summed E-state index contributed by atoms with van der Waals surface area (Å²) in [6.07, 6.45) is 18.7. The molecule has 2 fully saturated rings. The summed E-state index contributed by atoms with van der Waals surface area (Å²) in [6.45, 7) is 1.20. The van der Waals surface area contributed by atoms with Crippen molar-refractivity contribution >= 4 is 63.4 Å². The Morgan fingerprint density at radius 3 is 1.41 bits per heavy atom. The number of pyridine rings is 2. The number of imide groups is 2. The highest BCUT2D eigenvalue weighted by Gasteiger charge is 2.35.